The Hall–Kier alpha value is -0.760. The van der Waals surface area contributed by atoms with Gasteiger partial charge in [-0.05, 0) is 57.7 Å². The van der Waals surface area contributed by atoms with E-state index in [-0.39, 0.29) is 0 Å². The maximum atomic E-state index is 6.05. The van der Waals surface area contributed by atoms with Crippen molar-refractivity contribution in [2.24, 2.45) is 11.7 Å². The van der Waals surface area contributed by atoms with Gasteiger partial charge in [-0.1, -0.05) is 12.8 Å². The Morgan fingerprint density at radius 1 is 1.35 bits per heavy atom. The summed E-state index contributed by atoms with van der Waals surface area (Å²) in [7, 11) is 0. The summed E-state index contributed by atoms with van der Waals surface area (Å²) < 4.78 is 2.41. The van der Waals surface area contributed by atoms with Crippen LogP contribution in [0.5, 0.6) is 0 Å². The Kier molecular flexibility index (Phi) is 3.93. The summed E-state index contributed by atoms with van der Waals surface area (Å²) in [5.74, 6) is 1.41. The predicted octanol–water partition coefficient (Wildman–Crippen LogP) is 3.36. The molecule has 1 fully saturated rings. The van der Waals surface area contributed by atoms with Gasteiger partial charge in [0, 0.05) is 23.9 Å². The topological polar surface area (TPSA) is 30.9 Å². The van der Waals surface area contributed by atoms with Gasteiger partial charge in [0.2, 0.25) is 0 Å². The number of hydrogen-bond donors (Lipinski definition) is 1. The van der Waals surface area contributed by atoms with Crippen LogP contribution in [0.1, 0.15) is 55.5 Å². The highest BCUT2D eigenvalue weighted by Crippen LogP contribution is 2.38. The maximum Gasteiger partial charge on any atom is 0.0196 e. The fraction of sp³-hybridized carbons (Fsp3) is 0.733. The largest absolute Gasteiger partial charge is 0.349 e. The molecule has 1 saturated carbocycles. The lowest BCUT2D eigenvalue weighted by molar-refractivity contribution is 0.438. The van der Waals surface area contributed by atoms with Crippen LogP contribution < -0.4 is 5.73 Å². The van der Waals surface area contributed by atoms with E-state index in [0.717, 1.165) is 19.0 Å². The number of hydrogen-bond acceptors (Lipinski definition) is 1. The Morgan fingerprint density at radius 3 is 2.47 bits per heavy atom. The number of nitrogens with zero attached hydrogens (tertiary/aromatic N) is 1. The van der Waals surface area contributed by atoms with Crippen LogP contribution in [-0.2, 0) is 6.54 Å². The van der Waals surface area contributed by atoms with E-state index in [2.05, 4.69) is 31.4 Å². The second-order valence-electron chi connectivity index (χ2n) is 5.46. The Balaban J connectivity index is 2.30. The first kappa shape index (κ1) is 12.7. The molecule has 0 bridgehead atoms. The first-order chi connectivity index (χ1) is 8.19. The van der Waals surface area contributed by atoms with Gasteiger partial charge in [-0.3, -0.25) is 0 Å². The highest BCUT2D eigenvalue weighted by molar-refractivity contribution is 5.31. The molecule has 1 aliphatic carbocycles. The van der Waals surface area contributed by atoms with Crippen molar-refractivity contribution in [1.82, 2.24) is 4.57 Å². The fourth-order valence-corrected chi connectivity index (χ4v) is 3.62. The zero-order valence-electron chi connectivity index (χ0n) is 11.5. The molecule has 0 saturated heterocycles. The summed E-state index contributed by atoms with van der Waals surface area (Å²) >= 11 is 0. The van der Waals surface area contributed by atoms with Crippen molar-refractivity contribution in [3.05, 3.63) is 23.0 Å². The molecular formula is C15H26N2. The molecule has 1 aromatic heterocycles. The van der Waals surface area contributed by atoms with E-state index in [9.17, 15) is 0 Å². The van der Waals surface area contributed by atoms with Crippen LogP contribution in [-0.4, -0.2) is 11.1 Å². The van der Waals surface area contributed by atoms with Gasteiger partial charge >= 0.3 is 0 Å². The first-order valence-electron chi connectivity index (χ1n) is 7.05. The van der Waals surface area contributed by atoms with E-state index in [1.807, 2.05) is 0 Å². The molecule has 1 aromatic rings. The normalized spacial score (nSPS) is 18.8. The SMILES string of the molecule is CCn1c(C)cc(C(CN)C2CCCC2)c1C. The lowest BCUT2D eigenvalue weighted by Gasteiger charge is -2.22. The minimum absolute atomic E-state index is 0.587. The number of rotatable bonds is 4. The van der Waals surface area contributed by atoms with E-state index in [1.165, 1.54) is 42.6 Å². The molecule has 0 amide bonds. The van der Waals surface area contributed by atoms with Gasteiger partial charge in [-0.2, -0.15) is 0 Å². The van der Waals surface area contributed by atoms with Crippen LogP contribution in [0, 0.1) is 19.8 Å². The summed E-state index contributed by atoms with van der Waals surface area (Å²) in [4.78, 5) is 0. The van der Waals surface area contributed by atoms with E-state index < -0.39 is 0 Å². The van der Waals surface area contributed by atoms with Crippen molar-refractivity contribution in [3.8, 4) is 0 Å². The van der Waals surface area contributed by atoms with Crippen LogP contribution in [0.3, 0.4) is 0 Å². The van der Waals surface area contributed by atoms with Gasteiger partial charge in [0.15, 0.2) is 0 Å². The molecule has 2 nitrogen and oxygen atoms in total. The van der Waals surface area contributed by atoms with Gasteiger partial charge in [0.1, 0.15) is 0 Å². The molecular weight excluding hydrogens is 208 g/mol. The Bertz CT molecular complexity index is 373. The quantitative estimate of drug-likeness (QED) is 0.851. The van der Waals surface area contributed by atoms with E-state index >= 15 is 0 Å². The van der Waals surface area contributed by atoms with Gasteiger partial charge in [0.25, 0.3) is 0 Å². The molecule has 17 heavy (non-hydrogen) atoms. The van der Waals surface area contributed by atoms with E-state index in [1.54, 1.807) is 0 Å². The molecule has 1 unspecified atom stereocenters. The zero-order valence-corrected chi connectivity index (χ0v) is 11.5. The molecule has 0 radical (unpaired) electrons. The Labute approximate surface area is 105 Å². The van der Waals surface area contributed by atoms with Crippen molar-refractivity contribution in [2.45, 2.75) is 58.9 Å². The van der Waals surface area contributed by atoms with Crippen molar-refractivity contribution >= 4 is 0 Å². The smallest absolute Gasteiger partial charge is 0.0196 e. The average Bonchev–Trinajstić information content (AvgIpc) is 2.91. The van der Waals surface area contributed by atoms with Crippen LogP contribution in [0.4, 0.5) is 0 Å². The first-order valence-corrected chi connectivity index (χ1v) is 7.05. The number of aromatic nitrogens is 1. The van der Waals surface area contributed by atoms with Crippen molar-refractivity contribution < 1.29 is 0 Å². The van der Waals surface area contributed by atoms with Gasteiger partial charge in [-0.15, -0.1) is 0 Å². The van der Waals surface area contributed by atoms with Crippen molar-refractivity contribution in [2.75, 3.05) is 6.54 Å². The van der Waals surface area contributed by atoms with Crippen LogP contribution in [0.15, 0.2) is 6.07 Å². The summed E-state index contributed by atoms with van der Waals surface area (Å²) in [6, 6.07) is 2.37. The zero-order chi connectivity index (χ0) is 12.4. The second kappa shape index (κ2) is 5.26. The summed E-state index contributed by atoms with van der Waals surface area (Å²) in [6.07, 6.45) is 5.54. The minimum atomic E-state index is 0.587. The van der Waals surface area contributed by atoms with Gasteiger partial charge in [0.05, 0.1) is 0 Å². The second-order valence-corrected chi connectivity index (χ2v) is 5.46. The highest BCUT2D eigenvalue weighted by Gasteiger charge is 2.27. The summed E-state index contributed by atoms with van der Waals surface area (Å²) in [6.45, 7) is 8.56. The monoisotopic (exact) mass is 234 g/mol. The third kappa shape index (κ3) is 2.28. The van der Waals surface area contributed by atoms with Crippen LogP contribution in [0.25, 0.3) is 0 Å². The van der Waals surface area contributed by atoms with E-state index in [4.69, 9.17) is 5.73 Å². The summed E-state index contributed by atoms with van der Waals surface area (Å²) in [5.41, 5.74) is 10.4. The molecule has 2 heteroatoms. The van der Waals surface area contributed by atoms with Crippen molar-refractivity contribution in [3.63, 3.8) is 0 Å². The van der Waals surface area contributed by atoms with Gasteiger partial charge < -0.3 is 10.3 Å². The number of aryl methyl sites for hydroxylation is 1. The third-order valence-corrected chi connectivity index (χ3v) is 4.55. The highest BCUT2D eigenvalue weighted by atomic mass is 15.0. The predicted molar refractivity (Wildman–Crippen MR) is 73.3 cm³/mol. The lowest BCUT2D eigenvalue weighted by Crippen LogP contribution is -2.20. The molecule has 0 aliphatic heterocycles. The lowest BCUT2D eigenvalue weighted by atomic mass is 9.85. The number of nitrogens with two attached hydrogens (primary N) is 1. The Morgan fingerprint density at radius 2 is 2.00 bits per heavy atom. The molecule has 2 rings (SSSR count). The standard InChI is InChI=1S/C15H26N2/c1-4-17-11(2)9-14(12(17)3)15(10-16)13-7-5-6-8-13/h9,13,15H,4-8,10,16H2,1-3H3. The molecule has 1 atom stereocenters. The molecule has 1 aliphatic rings. The third-order valence-electron chi connectivity index (χ3n) is 4.55. The fourth-order valence-electron chi connectivity index (χ4n) is 3.62. The molecule has 0 aromatic carbocycles. The molecule has 2 N–H and O–H groups in total. The maximum absolute atomic E-state index is 6.05. The molecule has 96 valence electrons. The van der Waals surface area contributed by atoms with Gasteiger partial charge in [-0.25, -0.2) is 0 Å². The van der Waals surface area contributed by atoms with Crippen LogP contribution >= 0.6 is 0 Å². The molecule has 0 spiro atoms. The average molecular weight is 234 g/mol. The van der Waals surface area contributed by atoms with Crippen molar-refractivity contribution in [1.29, 1.82) is 0 Å². The summed E-state index contributed by atoms with van der Waals surface area (Å²) in [5, 5.41) is 0. The van der Waals surface area contributed by atoms with E-state index in [0.29, 0.717) is 5.92 Å². The molecule has 1 heterocycles. The minimum Gasteiger partial charge on any atom is -0.349 e. The van der Waals surface area contributed by atoms with Crippen LogP contribution in [0.2, 0.25) is 0 Å².